The molecule has 3 aromatic rings. The minimum atomic E-state index is -0.337. The highest BCUT2D eigenvalue weighted by molar-refractivity contribution is 6.08. The largest absolute Gasteiger partial charge is 0.492 e. The normalized spacial score (nSPS) is 15.5. The molecule has 1 aliphatic rings. The highest BCUT2D eigenvalue weighted by Gasteiger charge is 2.23. The number of carbonyl (C=O) groups is 1. The van der Waals surface area contributed by atoms with Crippen molar-refractivity contribution < 1.29 is 13.9 Å². The number of halogens is 1. The highest BCUT2D eigenvalue weighted by Crippen LogP contribution is 2.23. The van der Waals surface area contributed by atoms with Crippen molar-refractivity contribution >= 4 is 16.8 Å². The quantitative estimate of drug-likeness (QED) is 0.666. The average Bonchev–Trinajstić information content (AvgIpc) is 3.05. The Morgan fingerprint density at radius 3 is 2.72 bits per heavy atom. The number of ether oxygens (including phenoxy) is 1. The topological polar surface area (TPSA) is 57.4 Å². The molecular weight excluding hydrogens is 369 g/mol. The molecule has 1 fully saturated rings. The van der Waals surface area contributed by atoms with Crippen molar-refractivity contribution in [1.29, 1.82) is 0 Å². The molecule has 4 rings (SSSR count). The smallest absolute Gasteiger partial charge is 0.253 e. The van der Waals surface area contributed by atoms with Crippen molar-refractivity contribution in [3.8, 4) is 5.75 Å². The minimum absolute atomic E-state index is 0.131. The molecule has 29 heavy (non-hydrogen) atoms. The van der Waals surface area contributed by atoms with E-state index in [-0.39, 0.29) is 17.8 Å². The Morgan fingerprint density at radius 1 is 1.21 bits per heavy atom. The summed E-state index contributed by atoms with van der Waals surface area (Å²) in [5, 5.41) is 3.77. The Balaban J connectivity index is 1.28. The Morgan fingerprint density at radius 2 is 1.97 bits per heavy atom. The molecule has 0 unspecified atom stereocenters. The maximum Gasteiger partial charge on any atom is 0.253 e. The third-order valence-corrected chi connectivity index (χ3v) is 5.52. The number of benzene rings is 2. The number of nitrogens with zero attached hydrogens (tertiary/aromatic N) is 1. The summed E-state index contributed by atoms with van der Waals surface area (Å²) in [4.78, 5) is 18.4. The van der Waals surface area contributed by atoms with Crippen LogP contribution in [0.3, 0.4) is 0 Å². The average molecular weight is 395 g/mol. The number of fused-ring (bicyclic) bond motifs is 1. The molecule has 0 saturated carbocycles. The minimum Gasteiger partial charge on any atom is -0.492 e. The predicted molar refractivity (Wildman–Crippen MR) is 112 cm³/mol. The summed E-state index contributed by atoms with van der Waals surface area (Å²) in [5.74, 6) is 0.418. The van der Waals surface area contributed by atoms with Crippen molar-refractivity contribution in [1.82, 2.24) is 15.2 Å². The first kappa shape index (κ1) is 19.5. The van der Waals surface area contributed by atoms with Gasteiger partial charge in [0.05, 0.1) is 5.56 Å². The zero-order valence-electron chi connectivity index (χ0n) is 16.6. The van der Waals surface area contributed by atoms with E-state index in [4.69, 9.17) is 4.74 Å². The molecule has 1 aromatic heterocycles. The Bertz CT molecular complexity index is 978. The fourth-order valence-electron chi connectivity index (χ4n) is 3.96. The lowest BCUT2D eigenvalue weighted by atomic mass is 10.0. The van der Waals surface area contributed by atoms with Gasteiger partial charge in [0.25, 0.3) is 5.91 Å². The van der Waals surface area contributed by atoms with Crippen molar-refractivity contribution in [2.45, 2.75) is 25.8 Å². The van der Waals surface area contributed by atoms with E-state index >= 15 is 0 Å². The molecule has 152 valence electrons. The first-order chi connectivity index (χ1) is 14.1. The fourth-order valence-corrected chi connectivity index (χ4v) is 3.96. The van der Waals surface area contributed by atoms with E-state index in [0.29, 0.717) is 17.6 Å². The van der Waals surface area contributed by atoms with Gasteiger partial charge in [0.1, 0.15) is 18.2 Å². The number of hydrogen-bond donors (Lipinski definition) is 2. The molecule has 1 aliphatic heterocycles. The van der Waals surface area contributed by atoms with Crippen LogP contribution in [-0.4, -0.2) is 48.1 Å². The van der Waals surface area contributed by atoms with Crippen LogP contribution in [0.25, 0.3) is 10.9 Å². The van der Waals surface area contributed by atoms with Gasteiger partial charge < -0.3 is 15.0 Å². The number of aromatic amines is 1. The predicted octanol–water partition coefficient (Wildman–Crippen LogP) is 3.89. The summed E-state index contributed by atoms with van der Waals surface area (Å²) < 4.78 is 19.4. The maximum absolute atomic E-state index is 13.6. The summed E-state index contributed by atoms with van der Waals surface area (Å²) in [6.07, 6.45) is 1.79. The number of likely N-dealkylation sites (tertiary alicyclic amines) is 1. The lowest BCUT2D eigenvalue weighted by Crippen LogP contribution is -2.45. The van der Waals surface area contributed by atoms with Crippen molar-refractivity contribution in [2.24, 2.45) is 0 Å². The molecule has 6 heteroatoms. The van der Waals surface area contributed by atoms with Crippen LogP contribution in [0.4, 0.5) is 4.39 Å². The van der Waals surface area contributed by atoms with Crippen LogP contribution in [0.2, 0.25) is 0 Å². The Hall–Kier alpha value is -2.86. The number of piperidine rings is 1. The van der Waals surface area contributed by atoms with Gasteiger partial charge in [-0.2, -0.15) is 0 Å². The molecule has 1 amide bonds. The summed E-state index contributed by atoms with van der Waals surface area (Å²) in [6.45, 7) is 5.22. The van der Waals surface area contributed by atoms with Gasteiger partial charge in [-0.1, -0.05) is 18.2 Å². The number of para-hydroxylation sites is 1. The van der Waals surface area contributed by atoms with E-state index < -0.39 is 0 Å². The van der Waals surface area contributed by atoms with Gasteiger partial charge >= 0.3 is 0 Å². The van der Waals surface area contributed by atoms with Gasteiger partial charge in [0.15, 0.2) is 0 Å². The first-order valence-electron chi connectivity index (χ1n) is 10.1. The molecule has 2 aromatic carbocycles. The standard InChI is InChI=1S/C23H26FN3O2/c1-16-22(20-15-17(24)7-8-21(20)25-16)23(28)26-18-9-11-27(12-10-18)13-14-29-19-5-3-2-4-6-19/h2-8,15,18,25H,9-14H2,1H3,(H,26,28). The van der Waals surface area contributed by atoms with Crippen LogP contribution < -0.4 is 10.1 Å². The number of H-pyrrole nitrogens is 1. The van der Waals surface area contributed by atoms with Gasteiger partial charge in [-0.15, -0.1) is 0 Å². The zero-order chi connectivity index (χ0) is 20.2. The highest BCUT2D eigenvalue weighted by atomic mass is 19.1. The third-order valence-electron chi connectivity index (χ3n) is 5.52. The van der Waals surface area contributed by atoms with Crippen LogP contribution >= 0.6 is 0 Å². The van der Waals surface area contributed by atoms with Gasteiger partial charge in [-0.3, -0.25) is 9.69 Å². The van der Waals surface area contributed by atoms with Crippen molar-refractivity contribution in [3.63, 3.8) is 0 Å². The Labute approximate surface area is 169 Å². The van der Waals surface area contributed by atoms with E-state index in [1.54, 1.807) is 6.07 Å². The van der Waals surface area contributed by atoms with Crippen LogP contribution in [-0.2, 0) is 0 Å². The maximum atomic E-state index is 13.6. The molecule has 0 atom stereocenters. The summed E-state index contributed by atoms with van der Waals surface area (Å²) >= 11 is 0. The summed E-state index contributed by atoms with van der Waals surface area (Å²) in [6, 6.07) is 14.4. The fraction of sp³-hybridized carbons (Fsp3) is 0.348. The van der Waals surface area contributed by atoms with Crippen LogP contribution in [0, 0.1) is 12.7 Å². The van der Waals surface area contributed by atoms with E-state index in [1.165, 1.54) is 12.1 Å². The number of aryl methyl sites for hydroxylation is 1. The molecule has 1 saturated heterocycles. The summed E-state index contributed by atoms with van der Waals surface area (Å²) in [7, 11) is 0. The number of rotatable bonds is 6. The molecule has 0 aliphatic carbocycles. The number of carbonyl (C=O) groups excluding carboxylic acids is 1. The van der Waals surface area contributed by atoms with Gasteiger partial charge in [-0.05, 0) is 50.1 Å². The van der Waals surface area contributed by atoms with Gasteiger partial charge in [-0.25, -0.2) is 4.39 Å². The lowest BCUT2D eigenvalue weighted by molar-refractivity contribution is 0.0906. The molecule has 0 spiro atoms. The second-order valence-corrected chi connectivity index (χ2v) is 7.57. The molecule has 2 heterocycles. The first-order valence-corrected chi connectivity index (χ1v) is 10.1. The number of nitrogens with one attached hydrogen (secondary N) is 2. The van der Waals surface area contributed by atoms with E-state index in [0.717, 1.165) is 49.4 Å². The molecule has 2 N–H and O–H groups in total. The van der Waals surface area contributed by atoms with Gasteiger partial charge in [0.2, 0.25) is 0 Å². The number of aromatic nitrogens is 1. The Kier molecular flexibility index (Phi) is 5.81. The molecule has 5 nitrogen and oxygen atoms in total. The molecular formula is C23H26FN3O2. The van der Waals surface area contributed by atoms with Crippen LogP contribution in [0.5, 0.6) is 5.75 Å². The van der Waals surface area contributed by atoms with Crippen molar-refractivity contribution in [2.75, 3.05) is 26.2 Å². The van der Waals surface area contributed by atoms with Crippen molar-refractivity contribution in [3.05, 3.63) is 65.6 Å². The second-order valence-electron chi connectivity index (χ2n) is 7.57. The third kappa shape index (κ3) is 4.59. The van der Waals surface area contributed by atoms with E-state index in [1.807, 2.05) is 37.3 Å². The van der Waals surface area contributed by atoms with E-state index in [9.17, 15) is 9.18 Å². The monoisotopic (exact) mass is 395 g/mol. The van der Waals surface area contributed by atoms with Gasteiger partial charge in [0, 0.05) is 42.3 Å². The van der Waals surface area contributed by atoms with E-state index in [2.05, 4.69) is 15.2 Å². The second kappa shape index (κ2) is 8.66. The number of hydrogen-bond acceptors (Lipinski definition) is 3. The molecule has 0 bridgehead atoms. The number of amides is 1. The summed E-state index contributed by atoms with van der Waals surface area (Å²) in [5.41, 5.74) is 2.08. The van der Waals surface area contributed by atoms with Crippen LogP contribution in [0.15, 0.2) is 48.5 Å². The van der Waals surface area contributed by atoms with Crippen LogP contribution in [0.1, 0.15) is 28.9 Å². The zero-order valence-corrected chi connectivity index (χ0v) is 16.6. The SMILES string of the molecule is Cc1[nH]c2ccc(F)cc2c1C(=O)NC1CCN(CCOc2ccccc2)CC1. The molecule has 0 radical (unpaired) electrons. The lowest BCUT2D eigenvalue weighted by Gasteiger charge is -2.32.